The van der Waals surface area contributed by atoms with Gasteiger partial charge in [0.05, 0.1) is 19.3 Å². The van der Waals surface area contributed by atoms with Gasteiger partial charge in [-0.2, -0.15) is 4.98 Å². The molecule has 0 saturated heterocycles. The summed E-state index contributed by atoms with van der Waals surface area (Å²) in [4.78, 5) is 12.9. The van der Waals surface area contributed by atoms with Crippen LogP contribution in [-0.4, -0.2) is 22.1 Å². The molecule has 2 N–H and O–H groups in total. The Hall–Kier alpha value is -3.15. The molecule has 0 amide bonds. The maximum absolute atomic E-state index is 5.20. The minimum absolute atomic E-state index is 0.518. The van der Waals surface area contributed by atoms with Gasteiger partial charge in [0.15, 0.2) is 0 Å². The Kier molecular flexibility index (Phi) is 4.63. The highest BCUT2D eigenvalue weighted by atomic mass is 16.5. The highest BCUT2D eigenvalue weighted by Crippen LogP contribution is 2.19. The highest BCUT2D eigenvalue weighted by Gasteiger charge is 2.02. The van der Waals surface area contributed by atoms with E-state index in [0.717, 1.165) is 22.9 Å². The molecule has 0 spiro atoms. The third-order valence-corrected chi connectivity index (χ3v) is 3.16. The molecule has 2 aromatic heterocycles. The van der Waals surface area contributed by atoms with E-state index < -0.39 is 0 Å². The van der Waals surface area contributed by atoms with Crippen LogP contribution in [0, 0.1) is 0 Å². The van der Waals surface area contributed by atoms with Crippen molar-refractivity contribution < 1.29 is 4.74 Å². The van der Waals surface area contributed by atoms with Crippen LogP contribution >= 0.6 is 0 Å². The quantitative estimate of drug-likeness (QED) is 0.728. The van der Waals surface area contributed by atoms with Crippen LogP contribution in [0.25, 0.3) is 0 Å². The molecule has 0 unspecified atom stereocenters. The average Bonchev–Trinajstić information content (AvgIpc) is 2.61. The molecule has 3 rings (SSSR count). The molecule has 6 heteroatoms. The average molecular weight is 307 g/mol. The number of nitrogens with one attached hydrogen (secondary N) is 2. The standard InChI is InChI=1S/C17H17N5O/c1-23-15-7-4-6-13(11-15)21-17-19-10-8-16(22-17)20-12-14-5-2-3-9-18-14/h2-11H,12H2,1H3,(H2,19,20,21,22). The molecule has 0 aliphatic carbocycles. The predicted molar refractivity (Wildman–Crippen MR) is 89.9 cm³/mol. The summed E-state index contributed by atoms with van der Waals surface area (Å²) in [6, 6.07) is 15.2. The first-order valence-electron chi connectivity index (χ1n) is 7.21. The number of nitrogens with zero attached hydrogens (tertiary/aromatic N) is 3. The first-order valence-corrected chi connectivity index (χ1v) is 7.21. The normalized spacial score (nSPS) is 10.1. The molecule has 0 fully saturated rings. The van der Waals surface area contributed by atoms with Gasteiger partial charge >= 0.3 is 0 Å². The monoisotopic (exact) mass is 307 g/mol. The number of hydrogen-bond acceptors (Lipinski definition) is 6. The Morgan fingerprint density at radius 1 is 1.00 bits per heavy atom. The Morgan fingerprint density at radius 2 is 1.96 bits per heavy atom. The van der Waals surface area contributed by atoms with Crippen molar-refractivity contribution in [3.8, 4) is 5.75 Å². The van der Waals surface area contributed by atoms with Gasteiger partial charge in [-0.1, -0.05) is 12.1 Å². The van der Waals surface area contributed by atoms with Crippen molar-refractivity contribution in [1.82, 2.24) is 15.0 Å². The molecular formula is C17H17N5O. The van der Waals surface area contributed by atoms with Gasteiger partial charge in [0.1, 0.15) is 11.6 Å². The van der Waals surface area contributed by atoms with E-state index in [9.17, 15) is 0 Å². The van der Waals surface area contributed by atoms with Crippen LogP contribution in [0.1, 0.15) is 5.69 Å². The Bertz CT molecular complexity index is 764. The summed E-state index contributed by atoms with van der Waals surface area (Å²) in [6.07, 6.45) is 3.48. The van der Waals surface area contributed by atoms with Crippen molar-refractivity contribution in [3.63, 3.8) is 0 Å². The first kappa shape index (κ1) is 14.8. The van der Waals surface area contributed by atoms with Gasteiger partial charge in [-0.3, -0.25) is 4.98 Å². The van der Waals surface area contributed by atoms with Gasteiger partial charge < -0.3 is 15.4 Å². The Labute approximate surface area is 134 Å². The molecule has 116 valence electrons. The largest absolute Gasteiger partial charge is 0.497 e. The molecule has 23 heavy (non-hydrogen) atoms. The Morgan fingerprint density at radius 3 is 2.78 bits per heavy atom. The second-order valence-corrected chi connectivity index (χ2v) is 4.80. The van der Waals surface area contributed by atoms with Crippen LogP contribution in [0.5, 0.6) is 5.75 Å². The molecule has 0 saturated carbocycles. The van der Waals surface area contributed by atoms with Gasteiger partial charge in [0, 0.05) is 24.1 Å². The third kappa shape index (κ3) is 4.16. The number of pyridine rings is 1. The highest BCUT2D eigenvalue weighted by molar-refractivity contribution is 5.56. The van der Waals surface area contributed by atoms with Gasteiger partial charge in [0.2, 0.25) is 5.95 Å². The van der Waals surface area contributed by atoms with E-state index >= 15 is 0 Å². The zero-order valence-corrected chi connectivity index (χ0v) is 12.7. The summed E-state index contributed by atoms with van der Waals surface area (Å²) in [7, 11) is 1.64. The fourth-order valence-corrected chi connectivity index (χ4v) is 2.03. The number of aromatic nitrogens is 3. The van der Waals surface area contributed by atoms with Crippen molar-refractivity contribution in [2.45, 2.75) is 6.54 Å². The molecule has 1 aromatic carbocycles. The maximum Gasteiger partial charge on any atom is 0.229 e. The van der Waals surface area contributed by atoms with E-state index in [1.165, 1.54) is 0 Å². The molecule has 0 radical (unpaired) electrons. The molecular weight excluding hydrogens is 290 g/mol. The molecule has 0 aliphatic heterocycles. The van der Waals surface area contributed by atoms with Crippen molar-refractivity contribution in [1.29, 1.82) is 0 Å². The van der Waals surface area contributed by atoms with Crippen LogP contribution < -0.4 is 15.4 Å². The van der Waals surface area contributed by atoms with Gasteiger partial charge in [0.25, 0.3) is 0 Å². The van der Waals surface area contributed by atoms with Crippen molar-refractivity contribution >= 4 is 17.5 Å². The van der Waals surface area contributed by atoms with Crippen LogP contribution in [-0.2, 0) is 6.54 Å². The van der Waals surface area contributed by atoms with Crippen LogP contribution in [0.4, 0.5) is 17.5 Å². The lowest BCUT2D eigenvalue weighted by Gasteiger charge is -2.09. The van der Waals surface area contributed by atoms with Crippen LogP contribution in [0.15, 0.2) is 60.9 Å². The lowest BCUT2D eigenvalue weighted by molar-refractivity contribution is 0.415. The minimum atomic E-state index is 0.518. The second-order valence-electron chi connectivity index (χ2n) is 4.80. The number of ether oxygens (including phenoxy) is 1. The van der Waals surface area contributed by atoms with Crippen LogP contribution in [0.2, 0.25) is 0 Å². The number of hydrogen-bond donors (Lipinski definition) is 2. The van der Waals surface area contributed by atoms with Crippen molar-refractivity contribution in [2.75, 3.05) is 17.7 Å². The van der Waals surface area contributed by atoms with E-state index in [1.807, 2.05) is 48.5 Å². The topological polar surface area (TPSA) is 72.0 Å². The third-order valence-electron chi connectivity index (χ3n) is 3.16. The smallest absolute Gasteiger partial charge is 0.229 e. The summed E-state index contributed by atoms with van der Waals surface area (Å²) in [5.41, 5.74) is 1.82. The lowest BCUT2D eigenvalue weighted by atomic mass is 10.3. The Balaban J connectivity index is 1.67. The summed E-state index contributed by atoms with van der Waals surface area (Å²) in [5, 5.41) is 6.39. The maximum atomic E-state index is 5.20. The lowest BCUT2D eigenvalue weighted by Crippen LogP contribution is -2.05. The van der Waals surface area contributed by atoms with Gasteiger partial charge in [-0.05, 0) is 30.3 Å². The van der Waals surface area contributed by atoms with Crippen LogP contribution in [0.3, 0.4) is 0 Å². The number of anilines is 3. The van der Waals surface area contributed by atoms with E-state index in [2.05, 4.69) is 25.6 Å². The first-order chi connectivity index (χ1) is 11.3. The fraction of sp³-hybridized carbons (Fsp3) is 0.118. The number of rotatable bonds is 6. The van der Waals surface area contributed by atoms with E-state index in [-0.39, 0.29) is 0 Å². The van der Waals surface area contributed by atoms with Gasteiger partial charge in [-0.15, -0.1) is 0 Å². The second kappa shape index (κ2) is 7.22. The minimum Gasteiger partial charge on any atom is -0.497 e. The predicted octanol–water partition coefficient (Wildman–Crippen LogP) is 3.24. The number of methoxy groups -OCH3 is 1. The van der Waals surface area contributed by atoms with E-state index in [4.69, 9.17) is 4.74 Å². The molecule has 6 nitrogen and oxygen atoms in total. The zero-order valence-electron chi connectivity index (χ0n) is 12.7. The summed E-state index contributed by atoms with van der Waals surface area (Å²) < 4.78 is 5.20. The number of benzene rings is 1. The molecule has 0 atom stereocenters. The van der Waals surface area contributed by atoms with E-state index in [1.54, 1.807) is 19.5 Å². The summed E-state index contributed by atoms with van der Waals surface area (Å²) in [6.45, 7) is 0.608. The van der Waals surface area contributed by atoms with E-state index in [0.29, 0.717) is 12.5 Å². The SMILES string of the molecule is COc1cccc(Nc2nccc(NCc3ccccn3)n2)c1. The fourth-order valence-electron chi connectivity index (χ4n) is 2.03. The summed E-state index contributed by atoms with van der Waals surface area (Å²) >= 11 is 0. The molecule has 0 bridgehead atoms. The molecule has 0 aliphatic rings. The van der Waals surface area contributed by atoms with Crippen molar-refractivity contribution in [2.24, 2.45) is 0 Å². The van der Waals surface area contributed by atoms with Crippen molar-refractivity contribution in [3.05, 3.63) is 66.6 Å². The molecule has 3 aromatic rings. The van der Waals surface area contributed by atoms with Gasteiger partial charge in [-0.25, -0.2) is 4.98 Å². The zero-order chi connectivity index (χ0) is 15.9. The molecule has 2 heterocycles. The summed E-state index contributed by atoms with van der Waals surface area (Å²) in [5.74, 6) is 2.03.